The highest BCUT2D eigenvalue weighted by Gasteiger charge is 2.23. The van der Waals surface area contributed by atoms with E-state index in [1.54, 1.807) is 0 Å². The van der Waals surface area contributed by atoms with Gasteiger partial charge in [-0.15, -0.1) is 0 Å². The standard InChI is InChI=1S/C12H18O5/c13-6-10(14)12(16)11(15)8-17-7-9-4-2-1-3-5-9/h1-5,10-16H,6-8H2/t10-,11-,12-/m1/s1. The molecule has 3 atom stereocenters. The predicted molar refractivity (Wildman–Crippen MR) is 61.2 cm³/mol. The van der Waals surface area contributed by atoms with Gasteiger partial charge in [-0.2, -0.15) is 0 Å². The molecule has 17 heavy (non-hydrogen) atoms. The predicted octanol–water partition coefficient (Wildman–Crippen LogP) is -0.722. The Morgan fingerprint density at radius 3 is 2.24 bits per heavy atom. The van der Waals surface area contributed by atoms with E-state index in [4.69, 9.17) is 14.9 Å². The first-order valence-corrected chi connectivity index (χ1v) is 5.42. The third kappa shape index (κ3) is 4.80. The maximum Gasteiger partial charge on any atom is 0.110 e. The molecule has 1 aromatic rings. The molecule has 0 bridgehead atoms. The van der Waals surface area contributed by atoms with Gasteiger partial charge in [0.05, 0.1) is 19.8 Å². The number of rotatable bonds is 7. The molecule has 0 amide bonds. The van der Waals surface area contributed by atoms with Crippen molar-refractivity contribution < 1.29 is 25.2 Å². The molecule has 1 aromatic carbocycles. The lowest BCUT2D eigenvalue weighted by Crippen LogP contribution is -2.41. The average Bonchev–Trinajstić information content (AvgIpc) is 2.38. The van der Waals surface area contributed by atoms with Crippen molar-refractivity contribution in [3.8, 4) is 0 Å². The molecule has 0 aliphatic rings. The van der Waals surface area contributed by atoms with Gasteiger partial charge in [0.25, 0.3) is 0 Å². The molecule has 0 aliphatic carbocycles. The van der Waals surface area contributed by atoms with Gasteiger partial charge in [0.1, 0.15) is 18.3 Å². The van der Waals surface area contributed by atoms with Crippen LogP contribution in [0.5, 0.6) is 0 Å². The highest BCUT2D eigenvalue weighted by Crippen LogP contribution is 2.04. The van der Waals surface area contributed by atoms with Gasteiger partial charge >= 0.3 is 0 Å². The number of aliphatic hydroxyl groups excluding tert-OH is 4. The number of ether oxygens (including phenoxy) is 1. The molecule has 0 saturated carbocycles. The van der Waals surface area contributed by atoms with Gasteiger partial charge in [0, 0.05) is 0 Å². The van der Waals surface area contributed by atoms with Crippen LogP contribution in [0.2, 0.25) is 0 Å². The molecule has 4 N–H and O–H groups in total. The Morgan fingerprint density at radius 1 is 1.00 bits per heavy atom. The fourth-order valence-corrected chi connectivity index (χ4v) is 1.33. The summed E-state index contributed by atoms with van der Waals surface area (Å²) in [5, 5.41) is 36.5. The highest BCUT2D eigenvalue weighted by molar-refractivity contribution is 5.13. The summed E-state index contributed by atoms with van der Waals surface area (Å²) >= 11 is 0. The SMILES string of the molecule is OC[C@@H](O)[C@@H](O)[C@H](O)COCc1ccccc1. The molecule has 5 nitrogen and oxygen atoms in total. The molecule has 96 valence electrons. The fourth-order valence-electron chi connectivity index (χ4n) is 1.33. The van der Waals surface area contributed by atoms with E-state index in [1.165, 1.54) is 0 Å². The monoisotopic (exact) mass is 242 g/mol. The lowest BCUT2D eigenvalue weighted by Gasteiger charge is -2.21. The van der Waals surface area contributed by atoms with Crippen LogP contribution in [-0.2, 0) is 11.3 Å². The summed E-state index contributed by atoms with van der Waals surface area (Å²) in [4.78, 5) is 0. The van der Waals surface area contributed by atoms with Gasteiger partial charge < -0.3 is 25.2 Å². The van der Waals surface area contributed by atoms with Crippen molar-refractivity contribution in [1.29, 1.82) is 0 Å². The lowest BCUT2D eigenvalue weighted by atomic mass is 10.1. The molecule has 5 heteroatoms. The second-order valence-electron chi connectivity index (χ2n) is 3.81. The third-order valence-electron chi connectivity index (χ3n) is 2.38. The minimum atomic E-state index is -1.41. The smallest absolute Gasteiger partial charge is 0.110 e. The number of hydrogen-bond donors (Lipinski definition) is 4. The molecule has 0 saturated heterocycles. The normalized spacial score (nSPS) is 16.5. The Morgan fingerprint density at radius 2 is 1.65 bits per heavy atom. The van der Waals surface area contributed by atoms with Crippen molar-refractivity contribution in [1.82, 2.24) is 0 Å². The van der Waals surface area contributed by atoms with Crippen LogP contribution in [0.15, 0.2) is 30.3 Å². The Bertz CT molecular complexity index is 303. The summed E-state index contributed by atoms with van der Waals surface area (Å²) in [7, 11) is 0. The molecule has 0 aromatic heterocycles. The van der Waals surface area contributed by atoms with E-state index in [2.05, 4.69) is 0 Å². The summed E-state index contributed by atoms with van der Waals surface area (Å²) in [5.74, 6) is 0. The van der Waals surface area contributed by atoms with Crippen molar-refractivity contribution in [2.75, 3.05) is 13.2 Å². The summed E-state index contributed by atoms with van der Waals surface area (Å²) in [6.07, 6.45) is -3.98. The van der Waals surface area contributed by atoms with Gasteiger partial charge in [-0.05, 0) is 5.56 Å². The third-order valence-corrected chi connectivity index (χ3v) is 2.38. The van der Waals surface area contributed by atoms with E-state index < -0.39 is 24.9 Å². The molecule has 0 unspecified atom stereocenters. The second-order valence-corrected chi connectivity index (χ2v) is 3.81. The molecule has 0 fully saturated rings. The summed E-state index contributed by atoms with van der Waals surface area (Å²) < 4.78 is 5.19. The van der Waals surface area contributed by atoms with Crippen LogP contribution < -0.4 is 0 Å². The molecule has 0 aliphatic heterocycles. The average molecular weight is 242 g/mol. The van der Waals surface area contributed by atoms with Crippen LogP contribution in [0, 0.1) is 0 Å². The largest absolute Gasteiger partial charge is 0.394 e. The first-order chi connectivity index (χ1) is 8.15. The van der Waals surface area contributed by atoms with Crippen LogP contribution in [0.4, 0.5) is 0 Å². The molecule has 1 rings (SSSR count). The van der Waals surface area contributed by atoms with Crippen molar-refractivity contribution in [3.05, 3.63) is 35.9 Å². The van der Waals surface area contributed by atoms with Crippen molar-refractivity contribution in [2.45, 2.75) is 24.9 Å². The minimum absolute atomic E-state index is 0.104. The van der Waals surface area contributed by atoms with Crippen LogP contribution >= 0.6 is 0 Å². The van der Waals surface area contributed by atoms with Crippen molar-refractivity contribution >= 4 is 0 Å². The van der Waals surface area contributed by atoms with Crippen molar-refractivity contribution in [3.63, 3.8) is 0 Å². The number of benzene rings is 1. The quantitative estimate of drug-likeness (QED) is 0.506. The van der Waals surface area contributed by atoms with Gasteiger partial charge in [0.15, 0.2) is 0 Å². The number of hydrogen-bond acceptors (Lipinski definition) is 5. The van der Waals surface area contributed by atoms with Crippen LogP contribution in [0.1, 0.15) is 5.56 Å². The summed E-state index contributed by atoms with van der Waals surface area (Å²) in [6, 6.07) is 9.40. The van der Waals surface area contributed by atoms with E-state index in [9.17, 15) is 10.2 Å². The molecule has 0 heterocycles. The Hall–Kier alpha value is -0.980. The van der Waals surface area contributed by atoms with E-state index >= 15 is 0 Å². The van der Waals surface area contributed by atoms with Gasteiger partial charge in [-0.3, -0.25) is 0 Å². The van der Waals surface area contributed by atoms with E-state index in [0.29, 0.717) is 6.61 Å². The first kappa shape index (κ1) is 14.1. The van der Waals surface area contributed by atoms with Crippen LogP contribution in [-0.4, -0.2) is 52.0 Å². The molecule has 0 spiro atoms. The Labute approximate surface area is 99.9 Å². The van der Waals surface area contributed by atoms with Crippen molar-refractivity contribution in [2.24, 2.45) is 0 Å². The molecular formula is C12H18O5. The zero-order chi connectivity index (χ0) is 12.7. The van der Waals surface area contributed by atoms with E-state index in [-0.39, 0.29) is 6.61 Å². The molecule has 0 radical (unpaired) electrons. The van der Waals surface area contributed by atoms with E-state index in [1.807, 2.05) is 30.3 Å². The van der Waals surface area contributed by atoms with Gasteiger partial charge in [0.2, 0.25) is 0 Å². The zero-order valence-electron chi connectivity index (χ0n) is 9.44. The lowest BCUT2D eigenvalue weighted by molar-refractivity contribution is -0.101. The maximum absolute atomic E-state index is 9.45. The zero-order valence-corrected chi connectivity index (χ0v) is 9.44. The van der Waals surface area contributed by atoms with E-state index in [0.717, 1.165) is 5.56 Å². The second kappa shape index (κ2) is 7.37. The van der Waals surface area contributed by atoms with Gasteiger partial charge in [-0.25, -0.2) is 0 Å². The summed E-state index contributed by atoms with van der Waals surface area (Å²) in [6.45, 7) is -0.385. The first-order valence-electron chi connectivity index (χ1n) is 5.42. The number of aliphatic hydroxyl groups is 4. The van der Waals surface area contributed by atoms with Gasteiger partial charge in [-0.1, -0.05) is 30.3 Å². The minimum Gasteiger partial charge on any atom is -0.394 e. The molecular weight excluding hydrogens is 224 g/mol. The van der Waals surface area contributed by atoms with Crippen LogP contribution in [0.3, 0.4) is 0 Å². The van der Waals surface area contributed by atoms with Crippen LogP contribution in [0.25, 0.3) is 0 Å². The maximum atomic E-state index is 9.45. The summed E-state index contributed by atoms with van der Waals surface area (Å²) in [5.41, 5.74) is 0.955. The highest BCUT2D eigenvalue weighted by atomic mass is 16.5. The Balaban J connectivity index is 2.27. The fraction of sp³-hybridized carbons (Fsp3) is 0.500. The Kier molecular flexibility index (Phi) is 6.10. The topological polar surface area (TPSA) is 90.2 Å².